The number of nitrogens with zero attached hydrogens (tertiary/aromatic N) is 1. The van der Waals surface area contributed by atoms with Crippen LogP contribution in [0.2, 0.25) is 0 Å². The molecule has 0 aliphatic carbocycles. The third-order valence-corrected chi connectivity index (χ3v) is 4.80. The van der Waals surface area contributed by atoms with Gasteiger partial charge in [0.2, 0.25) is 0 Å². The molecule has 2 aromatic rings. The summed E-state index contributed by atoms with van der Waals surface area (Å²) in [4.78, 5) is 14.1. The van der Waals surface area contributed by atoms with E-state index in [1.54, 1.807) is 12.3 Å². The van der Waals surface area contributed by atoms with E-state index in [1.807, 2.05) is 49.1 Å². The fraction of sp³-hybridized carbons (Fsp3) is 0.286. The Morgan fingerprint density at radius 3 is 2.67 bits per heavy atom. The van der Waals surface area contributed by atoms with Crippen LogP contribution in [-0.2, 0) is 9.53 Å². The predicted octanol–water partition coefficient (Wildman–Crippen LogP) is 3.84. The number of anilines is 3. The maximum atomic E-state index is 14.7. The Hall–Kier alpha value is -2.86. The normalized spacial score (nSPS) is 23.3. The fourth-order valence-corrected chi connectivity index (χ4v) is 3.67. The van der Waals surface area contributed by atoms with E-state index in [-0.39, 0.29) is 23.9 Å². The molecule has 140 valence electrons. The molecule has 0 bridgehead atoms. The summed E-state index contributed by atoms with van der Waals surface area (Å²) in [6.07, 6.45) is 1.75. The number of amides is 1. The number of halogens is 1. The van der Waals surface area contributed by atoms with Gasteiger partial charge in [-0.25, -0.2) is 4.39 Å². The molecule has 5 nitrogen and oxygen atoms in total. The molecule has 2 unspecified atom stereocenters. The van der Waals surface area contributed by atoms with Gasteiger partial charge in [0.15, 0.2) is 0 Å². The first-order valence-corrected chi connectivity index (χ1v) is 9.08. The standard InChI is InChI=1S/C21H22FN3O2/c1-13-11-25(12-14(2)27-13)20-8-7-15(9-18(20)22)23-10-17-16-5-3-4-6-19(16)24-21(17)26/h3-10,13-14,23H,11-12H2,1-2H3,(H,24,26)/b17-10+. The minimum Gasteiger partial charge on any atom is -0.372 e. The van der Waals surface area contributed by atoms with Gasteiger partial charge in [0.1, 0.15) is 5.82 Å². The minimum absolute atomic E-state index is 0.0663. The number of morpholine rings is 1. The average molecular weight is 367 g/mol. The first-order chi connectivity index (χ1) is 13.0. The highest BCUT2D eigenvalue weighted by atomic mass is 19.1. The summed E-state index contributed by atoms with van der Waals surface area (Å²) in [6, 6.07) is 12.5. The number of carbonyl (C=O) groups excluding carboxylic acids is 1. The van der Waals surface area contributed by atoms with E-state index in [4.69, 9.17) is 4.74 Å². The molecule has 0 spiro atoms. The molecule has 0 saturated carbocycles. The van der Waals surface area contributed by atoms with Crippen molar-refractivity contribution in [3.8, 4) is 0 Å². The lowest BCUT2D eigenvalue weighted by atomic mass is 10.1. The van der Waals surface area contributed by atoms with Gasteiger partial charge in [-0.15, -0.1) is 0 Å². The van der Waals surface area contributed by atoms with E-state index in [2.05, 4.69) is 10.6 Å². The molecule has 1 saturated heterocycles. The number of para-hydroxylation sites is 1. The highest BCUT2D eigenvalue weighted by Crippen LogP contribution is 2.31. The van der Waals surface area contributed by atoms with Crippen LogP contribution in [0.3, 0.4) is 0 Å². The van der Waals surface area contributed by atoms with Gasteiger partial charge >= 0.3 is 0 Å². The molecule has 2 aliphatic heterocycles. The van der Waals surface area contributed by atoms with E-state index in [0.717, 1.165) is 11.3 Å². The molecule has 2 aliphatic rings. The lowest BCUT2D eigenvalue weighted by Gasteiger charge is -2.37. The van der Waals surface area contributed by atoms with Crippen molar-refractivity contribution in [1.82, 2.24) is 0 Å². The molecule has 2 aromatic carbocycles. The SMILES string of the molecule is CC1CN(c2ccc(N/C=C3/C(=O)Nc4ccccc43)cc2F)CC(C)O1. The van der Waals surface area contributed by atoms with Crippen molar-refractivity contribution >= 4 is 28.5 Å². The molecule has 2 atom stereocenters. The Kier molecular flexibility index (Phi) is 4.58. The van der Waals surface area contributed by atoms with Crippen LogP contribution < -0.4 is 15.5 Å². The van der Waals surface area contributed by atoms with Crippen LogP contribution in [0.5, 0.6) is 0 Å². The molecule has 27 heavy (non-hydrogen) atoms. The summed E-state index contributed by atoms with van der Waals surface area (Å²) in [7, 11) is 0. The molecule has 4 rings (SSSR count). The number of hydrogen-bond donors (Lipinski definition) is 2. The van der Waals surface area contributed by atoms with E-state index in [0.29, 0.717) is 30.0 Å². The number of carbonyl (C=O) groups is 1. The fourth-order valence-electron chi connectivity index (χ4n) is 3.67. The molecule has 0 radical (unpaired) electrons. The van der Waals surface area contributed by atoms with Gasteiger partial charge in [0.05, 0.1) is 23.5 Å². The Morgan fingerprint density at radius 2 is 1.93 bits per heavy atom. The number of nitrogens with one attached hydrogen (secondary N) is 2. The van der Waals surface area contributed by atoms with Crippen molar-refractivity contribution in [2.75, 3.05) is 28.6 Å². The molecule has 2 N–H and O–H groups in total. The van der Waals surface area contributed by atoms with Gasteiger partial charge in [-0.3, -0.25) is 4.79 Å². The van der Waals surface area contributed by atoms with Gasteiger partial charge in [-0.1, -0.05) is 18.2 Å². The Bertz CT molecular complexity index is 902. The molecular formula is C21H22FN3O2. The van der Waals surface area contributed by atoms with Crippen LogP contribution in [0, 0.1) is 5.82 Å². The molecule has 0 aromatic heterocycles. The lowest BCUT2D eigenvalue weighted by Crippen LogP contribution is -2.45. The second-order valence-electron chi connectivity index (χ2n) is 7.03. The predicted molar refractivity (Wildman–Crippen MR) is 105 cm³/mol. The Morgan fingerprint density at radius 1 is 1.19 bits per heavy atom. The first kappa shape index (κ1) is 17.5. The van der Waals surface area contributed by atoms with Crippen LogP contribution in [0.1, 0.15) is 19.4 Å². The number of fused-ring (bicyclic) bond motifs is 1. The third kappa shape index (κ3) is 3.53. The van der Waals surface area contributed by atoms with Crippen LogP contribution in [-0.4, -0.2) is 31.2 Å². The van der Waals surface area contributed by atoms with E-state index in [1.165, 1.54) is 6.07 Å². The zero-order valence-corrected chi connectivity index (χ0v) is 15.3. The second kappa shape index (κ2) is 7.04. The number of rotatable bonds is 3. The zero-order valence-electron chi connectivity index (χ0n) is 15.3. The quantitative estimate of drug-likeness (QED) is 0.810. The van der Waals surface area contributed by atoms with Crippen molar-refractivity contribution < 1.29 is 13.9 Å². The third-order valence-electron chi connectivity index (χ3n) is 4.80. The number of hydrogen-bond acceptors (Lipinski definition) is 4. The number of benzene rings is 2. The summed E-state index contributed by atoms with van der Waals surface area (Å²) in [5, 5.41) is 5.86. The highest BCUT2D eigenvalue weighted by molar-refractivity contribution is 6.31. The smallest absolute Gasteiger partial charge is 0.257 e. The largest absolute Gasteiger partial charge is 0.372 e. The first-order valence-electron chi connectivity index (χ1n) is 9.08. The lowest BCUT2D eigenvalue weighted by molar-refractivity contribution is -0.110. The highest BCUT2D eigenvalue weighted by Gasteiger charge is 2.25. The van der Waals surface area contributed by atoms with Crippen molar-refractivity contribution in [2.24, 2.45) is 0 Å². The Labute approximate surface area is 157 Å². The van der Waals surface area contributed by atoms with Crippen molar-refractivity contribution in [3.05, 3.63) is 60.0 Å². The molecule has 2 heterocycles. The summed E-state index contributed by atoms with van der Waals surface area (Å²) in [5.74, 6) is -0.465. The van der Waals surface area contributed by atoms with Gasteiger partial charge in [0, 0.05) is 36.2 Å². The van der Waals surface area contributed by atoms with Crippen molar-refractivity contribution in [2.45, 2.75) is 26.1 Å². The second-order valence-corrected chi connectivity index (χ2v) is 7.03. The van der Waals surface area contributed by atoms with E-state index in [9.17, 15) is 9.18 Å². The minimum atomic E-state index is -0.295. The van der Waals surface area contributed by atoms with Crippen molar-refractivity contribution in [3.63, 3.8) is 0 Å². The monoisotopic (exact) mass is 367 g/mol. The van der Waals surface area contributed by atoms with Crippen LogP contribution in [0.25, 0.3) is 5.57 Å². The van der Waals surface area contributed by atoms with Gasteiger partial charge < -0.3 is 20.3 Å². The Balaban J connectivity index is 1.53. The van der Waals surface area contributed by atoms with Crippen LogP contribution in [0.15, 0.2) is 48.7 Å². The van der Waals surface area contributed by atoms with E-state index >= 15 is 0 Å². The topological polar surface area (TPSA) is 53.6 Å². The zero-order chi connectivity index (χ0) is 19.0. The van der Waals surface area contributed by atoms with Gasteiger partial charge in [0.25, 0.3) is 5.91 Å². The summed E-state index contributed by atoms with van der Waals surface area (Å²) in [5.41, 5.74) is 3.32. The van der Waals surface area contributed by atoms with Crippen LogP contribution in [0.4, 0.5) is 21.5 Å². The molecule has 1 fully saturated rings. The van der Waals surface area contributed by atoms with Gasteiger partial charge in [-0.2, -0.15) is 0 Å². The maximum Gasteiger partial charge on any atom is 0.257 e. The molecule has 6 heteroatoms. The summed E-state index contributed by atoms with van der Waals surface area (Å²) >= 11 is 0. The van der Waals surface area contributed by atoms with Gasteiger partial charge in [-0.05, 0) is 38.1 Å². The average Bonchev–Trinajstić information content (AvgIpc) is 2.94. The molecular weight excluding hydrogens is 345 g/mol. The van der Waals surface area contributed by atoms with Crippen LogP contribution >= 0.6 is 0 Å². The maximum absolute atomic E-state index is 14.7. The van der Waals surface area contributed by atoms with Crippen molar-refractivity contribution in [1.29, 1.82) is 0 Å². The van der Waals surface area contributed by atoms with E-state index < -0.39 is 0 Å². The molecule has 1 amide bonds. The number of ether oxygens (including phenoxy) is 1. The summed E-state index contributed by atoms with van der Waals surface area (Å²) in [6.45, 7) is 5.31. The summed E-state index contributed by atoms with van der Waals surface area (Å²) < 4.78 is 20.4.